The van der Waals surface area contributed by atoms with Gasteiger partial charge < -0.3 is 9.84 Å². The van der Waals surface area contributed by atoms with E-state index in [1.807, 2.05) is 25.1 Å². The van der Waals surface area contributed by atoms with Crippen molar-refractivity contribution in [1.82, 2.24) is 9.80 Å². The third kappa shape index (κ3) is 3.95. The van der Waals surface area contributed by atoms with Gasteiger partial charge in [-0.15, -0.1) is 0 Å². The fourth-order valence-electron chi connectivity index (χ4n) is 2.37. The van der Waals surface area contributed by atoms with Gasteiger partial charge in [0, 0.05) is 5.39 Å². The second-order valence-electron chi connectivity index (χ2n) is 5.53. The highest BCUT2D eigenvalue weighted by molar-refractivity contribution is 7.13. The zero-order valence-corrected chi connectivity index (χ0v) is 14.6. The quantitative estimate of drug-likeness (QED) is 0.544. The molecule has 0 aliphatic heterocycles. The lowest BCUT2D eigenvalue weighted by Crippen LogP contribution is -2.20. The van der Waals surface area contributed by atoms with Gasteiger partial charge in [0.15, 0.2) is 11.5 Å². The number of hydrogen-bond donors (Lipinski definition) is 2. The molecular weight excluding hydrogens is 338 g/mol. The summed E-state index contributed by atoms with van der Waals surface area (Å²) >= 11 is 1.38. The summed E-state index contributed by atoms with van der Waals surface area (Å²) in [6, 6.07) is 10.9. The summed E-state index contributed by atoms with van der Waals surface area (Å²) in [7, 11) is 1.47. The van der Waals surface area contributed by atoms with E-state index in [1.54, 1.807) is 12.1 Å². The van der Waals surface area contributed by atoms with Crippen molar-refractivity contribution in [2.24, 2.45) is 5.10 Å². The van der Waals surface area contributed by atoms with Crippen molar-refractivity contribution in [2.45, 2.75) is 13.3 Å². The predicted octanol–water partition coefficient (Wildman–Crippen LogP) is 3.01. The zero-order chi connectivity index (χ0) is 17.8. The van der Waals surface area contributed by atoms with Crippen molar-refractivity contribution in [3.05, 3.63) is 53.2 Å². The maximum atomic E-state index is 12.1. The number of aromatic nitrogens is 1. The summed E-state index contributed by atoms with van der Waals surface area (Å²) in [5.74, 6) is 0.157. The number of carbonyl (C=O) groups excluding carboxylic acids is 1. The van der Waals surface area contributed by atoms with Crippen LogP contribution in [0.25, 0.3) is 10.1 Å². The van der Waals surface area contributed by atoms with Crippen LogP contribution in [-0.4, -0.2) is 28.7 Å². The van der Waals surface area contributed by atoms with E-state index in [2.05, 4.69) is 14.9 Å². The lowest BCUT2D eigenvalue weighted by atomic mass is 10.1. The Labute approximate surface area is 148 Å². The number of nitrogens with one attached hydrogen (secondary N) is 1. The van der Waals surface area contributed by atoms with E-state index in [0.29, 0.717) is 11.3 Å². The number of methoxy groups -OCH3 is 1. The van der Waals surface area contributed by atoms with Gasteiger partial charge >= 0.3 is 0 Å². The number of amides is 1. The monoisotopic (exact) mass is 355 g/mol. The largest absolute Gasteiger partial charge is 0.504 e. The highest BCUT2D eigenvalue weighted by Gasteiger charge is 2.10. The lowest BCUT2D eigenvalue weighted by Gasteiger charge is -2.03. The molecule has 1 amide bonds. The van der Waals surface area contributed by atoms with Crippen molar-refractivity contribution < 1.29 is 14.6 Å². The van der Waals surface area contributed by atoms with Crippen molar-refractivity contribution in [2.75, 3.05) is 7.11 Å². The highest BCUT2D eigenvalue weighted by Crippen LogP contribution is 2.26. The summed E-state index contributed by atoms with van der Waals surface area (Å²) in [4.78, 5) is 12.1. The Morgan fingerprint density at radius 1 is 1.36 bits per heavy atom. The number of aromatic hydroxyl groups is 1. The van der Waals surface area contributed by atoms with Gasteiger partial charge in [0.1, 0.15) is 0 Å². The Morgan fingerprint density at radius 2 is 2.20 bits per heavy atom. The number of carbonyl (C=O) groups is 1. The number of rotatable bonds is 5. The van der Waals surface area contributed by atoms with Crippen LogP contribution in [0, 0.1) is 6.92 Å². The SMILES string of the molecule is COc1cc(/C=N/NC(=O)Cc2nsc3ccc(C)cc23)ccc1O. The first-order valence-corrected chi connectivity index (χ1v) is 8.38. The Bertz CT molecular complexity index is 950. The first kappa shape index (κ1) is 16.9. The maximum absolute atomic E-state index is 12.1. The van der Waals surface area contributed by atoms with Crippen LogP contribution in [0.4, 0.5) is 0 Å². The summed E-state index contributed by atoms with van der Waals surface area (Å²) in [5.41, 5.74) is 5.08. The van der Waals surface area contributed by atoms with Gasteiger partial charge in [-0.2, -0.15) is 9.47 Å². The fraction of sp³-hybridized carbons (Fsp3) is 0.167. The average Bonchev–Trinajstić information content (AvgIpc) is 2.98. The molecule has 3 rings (SSSR count). The second kappa shape index (κ2) is 7.31. The number of aryl methyl sites for hydroxylation is 1. The molecule has 0 atom stereocenters. The summed E-state index contributed by atoms with van der Waals surface area (Å²) in [5, 5.41) is 14.5. The van der Waals surface area contributed by atoms with E-state index < -0.39 is 0 Å². The van der Waals surface area contributed by atoms with Crippen LogP contribution >= 0.6 is 11.5 Å². The molecule has 25 heavy (non-hydrogen) atoms. The van der Waals surface area contributed by atoms with Crippen molar-refractivity contribution in [3.63, 3.8) is 0 Å². The Hall–Kier alpha value is -2.93. The molecule has 0 bridgehead atoms. The van der Waals surface area contributed by atoms with E-state index in [0.717, 1.165) is 21.3 Å². The number of nitrogens with zero attached hydrogens (tertiary/aromatic N) is 2. The summed E-state index contributed by atoms with van der Waals surface area (Å²) in [6.45, 7) is 2.01. The maximum Gasteiger partial charge on any atom is 0.246 e. The van der Waals surface area contributed by atoms with Gasteiger partial charge in [0.05, 0.1) is 30.1 Å². The van der Waals surface area contributed by atoms with Crippen molar-refractivity contribution >= 4 is 33.7 Å². The molecule has 128 valence electrons. The Kier molecular flexibility index (Phi) is 4.95. The number of hydrogen-bond acceptors (Lipinski definition) is 6. The Morgan fingerprint density at radius 3 is 3.00 bits per heavy atom. The summed E-state index contributed by atoms with van der Waals surface area (Å²) < 4.78 is 10.5. The topological polar surface area (TPSA) is 83.8 Å². The summed E-state index contributed by atoms with van der Waals surface area (Å²) in [6.07, 6.45) is 1.66. The standard InChI is InChI=1S/C18H17N3O3S/c1-11-3-6-17-13(7-11)14(21-25-17)9-18(23)20-19-10-12-4-5-15(22)16(8-12)24-2/h3-8,10,22H,9H2,1-2H3,(H,20,23)/b19-10+. The van der Waals surface area contributed by atoms with Crippen LogP contribution in [-0.2, 0) is 11.2 Å². The first-order chi connectivity index (χ1) is 12.1. The molecule has 7 heteroatoms. The van der Waals surface area contributed by atoms with E-state index in [1.165, 1.54) is 30.9 Å². The second-order valence-corrected chi connectivity index (χ2v) is 6.34. The number of benzene rings is 2. The first-order valence-electron chi connectivity index (χ1n) is 7.60. The van der Waals surface area contributed by atoms with Gasteiger partial charge in [-0.25, -0.2) is 5.43 Å². The average molecular weight is 355 g/mol. The number of phenols is 1. The molecule has 1 heterocycles. The Balaban J connectivity index is 1.65. The molecule has 0 unspecified atom stereocenters. The molecular formula is C18H17N3O3S. The fourth-order valence-corrected chi connectivity index (χ4v) is 3.15. The van der Waals surface area contributed by atoms with Gasteiger partial charge in [0.2, 0.25) is 5.91 Å². The number of ether oxygens (including phenoxy) is 1. The van der Waals surface area contributed by atoms with Crippen LogP contribution < -0.4 is 10.2 Å². The normalized spacial score (nSPS) is 11.1. The molecule has 0 spiro atoms. The molecule has 0 fully saturated rings. The van der Waals surface area contributed by atoms with Gasteiger partial charge in [-0.3, -0.25) is 4.79 Å². The molecule has 0 aliphatic rings. The van der Waals surface area contributed by atoms with Gasteiger partial charge in [-0.05, 0) is 54.4 Å². The van der Waals surface area contributed by atoms with Crippen LogP contribution in [0.15, 0.2) is 41.5 Å². The molecule has 2 aromatic carbocycles. The zero-order valence-electron chi connectivity index (χ0n) is 13.8. The molecule has 2 N–H and O–H groups in total. The molecule has 0 saturated carbocycles. The van der Waals surface area contributed by atoms with Crippen LogP contribution in [0.3, 0.4) is 0 Å². The van der Waals surface area contributed by atoms with Crippen LogP contribution in [0.1, 0.15) is 16.8 Å². The van der Waals surface area contributed by atoms with E-state index in [9.17, 15) is 9.90 Å². The molecule has 0 radical (unpaired) electrons. The number of fused-ring (bicyclic) bond motifs is 1. The molecule has 0 saturated heterocycles. The smallest absolute Gasteiger partial charge is 0.246 e. The molecule has 0 aliphatic carbocycles. The third-order valence-corrected chi connectivity index (χ3v) is 4.50. The van der Waals surface area contributed by atoms with Crippen molar-refractivity contribution in [1.29, 1.82) is 0 Å². The molecule has 1 aromatic heterocycles. The highest BCUT2D eigenvalue weighted by atomic mass is 32.1. The van der Waals surface area contributed by atoms with Crippen LogP contribution in [0.5, 0.6) is 11.5 Å². The van der Waals surface area contributed by atoms with E-state index >= 15 is 0 Å². The van der Waals surface area contributed by atoms with E-state index in [4.69, 9.17) is 4.74 Å². The predicted molar refractivity (Wildman–Crippen MR) is 98.5 cm³/mol. The van der Waals surface area contributed by atoms with Gasteiger partial charge in [0.25, 0.3) is 0 Å². The minimum absolute atomic E-state index is 0.0504. The minimum atomic E-state index is -0.240. The lowest BCUT2D eigenvalue weighted by molar-refractivity contribution is -0.120. The van der Waals surface area contributed by atoms with E-state index in [-0.39, 0.29) is 18.1 Å². The minimum Gasteiger partial charge on any atom is -0.504 e. The third-order valence-electron chi connectivity index (χ3n) is 3.63. The van der Waals surface area contributed by atoms with Gasteiger partial charge in [-0.1, -0.05) is 11.6 Å². The van der Waals surface area contributed by atoms with Crippen molar-refractivity contribution in [3.8, 4) is 11.5 Å². The molecule has 3 aromatic rings. The number of hydrazone groups is 1. The number of phenolic OH excluding ortho intramolecular Hbond substituents is 1. The molecule has 6 nitrogen and oxygen atoms in total. The van der Waals surface area contributed by atoms with Crippen LogP contribution in [0.2, 0.25) is 0 Å².